The Bertz CT molecular complexity index is 999. The van der Waals surface area contributed by atoms with Crippen LogP contribution in [0.2, 0.25) is 0 Å². The van der Waals surface area contributed by atoms with Crippen LogP contribution in [-0.2, 0) is 24.5 Å². The summed E-state index contributed by atoms with van der Waals surface area (Å²) in [5.74, 6) is -0.878. The van der Waals surface area contributed by atoms with Gasteiger partial charge in [0.2, 0.25) is 0 Å². The fourth-order valence-corrected chi connectivity index (χ4v) is 3.55. The van der Waals surface area contributed by atoms with Crippen LogP contribution in [0.1, 0.15) is 22.8 Å². The van der Waals surface area contributed by atoms with Gasteiger partial charge in [-0.3, -0.25) is 4.90 Å². The molecule has 1 atom stereocenters. The summed E-state index contributed by atoms with van der Waals surface area (Å²) in [6, 6.07) is 8.58. The van der Waals surface area contributed by atoms with Gasteiger partial charge in [0.1, 0.15) is 5.82 Å². The maximum atomic E-state index is 13.7. The molecule has 28 heavy (non-hydrogen) atoms. The Morgan fingerprint density at radius 2 is 2.00 bits per heavy atom. The van der Waals surface area contributed by atoms with E-state index in [9.17, 15) is 17.6 Å². The second-order valence-corrected chi connectivity index (χ2v) is 7.04. The Balaban J connectivity index is 1.52. The fourth-order valence-electron chi connectivity index (χ4n) is 3.55. The highest BCUT2D eigenvalue weighted by molar-refractivity contribution is 5.76. The number of ether oxygens (including phenoxy) is 1. The molecular weight excluding hydrogens is 374 g/mol. The molecule has 148 valence electrons. The van der Waals surface area contributed by atoms with Crippen LogP contribution in [0.4, 0.5) is 17.6 Å². The number of hydrogen-bond donors (Lipinski definition) is 0. The van der Waals surface area contributed by atoms with Crippen molar-refractivity contribution >= 4 is 11.0 Å². The number of alkyl halides is 3. The van der Waals surface area contributed by atoms with Gasteiger partial charge in [0.05, 0.1) is 35.6 Å². The number of nitrogens with zero attached hydrogens (tertiary/aromatic N) is 3. The maximum Gasteiger partial charge on any atom is 0.416 e. The smallest absolute Gasteiger partial charge is 0.371 e. The van der Waals surface area contributed by atoms with Gasteiger partial charge in [0.15, 0.2) is 0 Å². The fraction of sp³-hybridized carbons (Fsp3) is 0.350. The molecule has 0 radical (unpaired) electrons. The molecule has 3 aromatic rings. The molecule has 1 aliphatic rings. The third-order valence-electron chi connectivity index (χ3n) is 4.96. The number of hydrogen-bond acceptors (Lipinski definition) is 3. The summed E-state index contributed by atoms with van der Waals surface area (Å²) in [5, 5.41) is 0. The average Bonchev–Trinajstić information content (AvgIpc) is 3.01. The topological polar surface area (TPSA) is 30.3 Å². The highest BCUT2D eigenvalue weighted by Crippen LogP contribution is 2.31. The first-order valence-corrected chi connectivity index (χ1v) is 8.91. The lowest BCUT2D eigenvalue weighted by atomic mass is 10.1. The molecule has 0 unspecified atom stereocenters. The summed E-state index contributed by atoms with van der Waals surface area (Å²) in [6.07, 6.45) is -3.03. The summed E-state index contributed by atoms with van der Waals surface area (Å²) in [4.78, 5) is 6.28. The number of halogens is 4. The van der Waals surface area contributed by atoms with Gasteiger partial charge in [0, 0.05) is 26.7 Å². The Morgan fingerprint density at radius 1 is 1.18 bits per heavy atom. The van der Waals surface area contributed by atoms with Crippen LogP contribution in [0.3, 0.4) is 0 Å². The van der Waals surface area contributed by atoms with Crippen molar-refractivity contribution in [3.05, 3.63) is 65.2 Å². The summed E-state index contributed by atoms with van der Waals surface area (Å²) < 4.78 is 60.3. The van der Waals surface area contributed by atoms with E-state index in [0.29, 0.717) is 31.3 Å². The first kappa shape index (κ1) is 18.9. The van der Waals surface area contributed by atoms with Crippen molar-refractivity contribution in [3.63, 3.8) is 0 Å². The molecule has 0 bridgehead atoms. The van der Waals surface area contributed by atoms with Crippen LogP contribution in [0.25, 0.3) is 11.0 Å². The largest absolute Gasteiger partial charge is 0.416 e. The molecule has 1 saturated heterocycles. The molecule has 0 N–H and O–H groups in total. The maximum absolute atomic E-state index is 13.7. The zero-order valence-corrected chi connectivity index (χ0v) is 15.2. The molecular formula is C20H19F4N3O. The summed E-state index contributed by atoms with van der Waals surface area (Å²) in [5.41, 5.74) is 2.19. The van der Waals surface area contributed by atoms with E-state index < -0.39 is 17.6 Å². The summed E-state index contributed by atoms with van der Waals surface area (Å²) >= 11 is 0. The first-order chi connectivity index (χ1) is 13.3. The van der Waals surface area contributed by atoms with E-state index in [1.807, 2.05) is 34.7 Å². The monoisotopic (exact) mass is 393 g/mol. The highest BCUT2D eigenvalue weighted by atomic mass is 19.4. The van der Waals surface area contributed by atoms with E-state index in [1.54, 1.807) is 6.33 Å². The minimum absolute atomic E-state index is 0.205. The van der Waals surface area contributed by atoms with E-state index in [4.69, 9.17) is 4.74 Å². The quantitative estimate of drug-likeness (QED) is 0.622. The molecule has 8 heteroatoms. The third-order valence-corrected chi connectivity index (χ3v) is 4.96. The predicted octanol–water partition coefficient (Wildman–Crippen LogP) is 4.30. The number of aromatic nitrogens is 2. The van der Waals surface area contributed by atoms with Crippen molar-refractivity contribution < 1.29 is 22.3 Å². The van der Waals surface area contributed by atoms with Crippen molar-refractivity contribution in [2.45, 2.75) is 18.8 Å². The van der Waals surface area contributed by atoms with Crippen molar-refractivity contribution in [1.82, 2.24) is 14.5 Å². The molecule has 2 heterocycles. The van der Waals surface area contributed by atoms with Gasteiger partial charge in [-0.05, 0) is 41.5 Å². The normalized spacial score (nSPS) is 18.7. The van der Waals surface area contributed by atoms with Gasteiger partial charge >= 0.3 is 6.18 Å². The number of fused-ring (bicyclic) bond motifs is 1. The standard InChI is InChI=1S/C20H19F4N3O/c1-26-12-25-17-3-2-14(8-18(17)26)19-11-27(4-5-28-19)10-13-6-15(20(22,23)24)9-16(21)7-13/h2-3,6-9,12,19H,4-5,10-11H2,1H3/t19-/m1/s1. The average molecular weight is 393 g/mol. The van der Waals surface area contributed by atoms with Gasteiger partial charge in [0.25, 0.3) is 0 Å². The highest BCUT2D eigenvalue weighted by Gasteiger charge is 2.31. The number of imidazole rings is 1. The first-order valence-electron chi connectivity index (χ1n) is 8.91. The molecule has 0 aliphatic carbocycles. The zero-order chi connectivity index (χ0) is 19.9. The minimum atomic E-state index is -4.57. The van der Waals surface area contributed by atoms with Crippen molar-refractivity contribution in [2.24, 2.45) is 7.05 Å². The van der Waals surface area contributed by atoms with Crippen LogP contribution in [0, 0.1) is 5.82 Å². The molecule has 1 aliphatic heterocycles. The molecule has 1 aromatic heterocycles. The third kappa shape index (κ3) is 3.88. The Hall–Kier alpha value is -2.45. The van der Waals surface area contributed by atoms with Crippen LogP contribution in [0.15, 0.2) is 42.7 Å². The lowest BCUT2D eigenvalue weighted by Gasteiger charge is -2.33. The Kier molecular flexibility index (Phi) is 4.84. The van der Waals surface area contributed by atoms with E-state index in [1.165, 1.54) is 0 Å². The van der Waals surface area contributed by atoms with Crippen LogP contribution in [-0.4, -0.2) is 34.1 Å². The van der Waals surface area contributed by atoms with Crippen molar-refractivity contribution in [1.29, 1.82) is 0 Å². The number of aryl methyl sites for hydroxylation is 1. The predicted molar refractivity (Wildman–Crippen MR) is 96.1 cm³/mol. The molecule has 2 aromatic carbocycles. The van der Waals surface area contributed by atoms with Gasteiger partial charge in [-0.1, -0.05) is 6.07 Å². The van der Waals surface area contributed by atoms with Crippen LogP contribution in [0.5, 0.6) is 0 Å². The number of rotatable bonds is 3. The second-order valence-electron chi connectivity index (χ2n) is 7.04. The molecule has 0 saturated carbocycles. The van der Waals surface area contributed by atoms with Crippen molar-refractivity contribution in [3.8, 4) is 0 Å². The molecule has 4 nitrogen and oxygen atoms in total. The van der Waals surface area contributed by atoms with E-state index in [0.717, 1.165) is 28.7 Å². The number of benzene rings is 2. The Morgan fingerprint density at radius 3 is 2.79 bits per heavy atom. The van der Waals surface area contributed by atoms with E-state index in [-0.39, 0.29) is 12.6 Å². The zero-order valence-electron chi connectivity index (χ0n) is 15.2. The van der Waals surface area contributed by atoms with Crippen LogP contribution < -0.4 is 0 Å². The van der Waals surface area contributed by atoms with Crippen LogP contribution >= 0.6 is 0 Å². The molecule has 0 amide bonds. The molecule has 4 rings (SSSR count). The SMILES string of the molecule is Cn1cnc2ccc([C@H]3CN(Cc4cc(F)cc(C(F)(F)F)c4)CCO3)cc21. The minimum Gasteiger partial charge on any atom is -0.371 e. The van der Waals surface area contributed by atoms with Gasteiger partial charge in [-0.2, -0.15) is 13.2 Å². The lowest BCUT2D eigenvalue weighted by molar-refractivity contribution is -0.137. The molecule has 1 fully saturated rings. The van der Waals surface area contributed by atoms with E-state index in [2.05, 4.69) is 4.98 Å². The Labute approximate surface area is 159 Å². The number of morpholine rings is 1. The van der Waals surface area contributed by atoms with Gasteiger partial charge in [-0.15, -0.1) is 0 Å². The summed E-state index contributed by atoms with van der Waals surface area (Å²) in [7, 11) is 1.91. The molecule has 0 spiro atoms. The lowest BCUT2D eigenvalue weighted by Crippen LogP contribution is -2.37. The van der Waals surface area contributed by atoms with Crippen molar-refractivity contribution in [2.75, 3.05) is 19.7 Å². The second kappa shape index (κ2) is 7.18. The summed E-state index contributed by atoms with van der Waals surface area (Å²) in [6.45, 7) is 1.77. The van der Waals surface area contributed by atoms with Gasteiger partial charge in [-0.25, -0.2) is 9.37 Å². The van der Waals surface area contributed by atoms with E-state index >= 15 is 0 Å². The van der Waals surface area contributed by atoms with Gasteiger partial charge < -0.3 is 9.30 Å².